The van der Waals surface area contributed by atoms with Crippen LogP contribution in [-0.4, -0.2) is 133 Å². The predicted octanol–water partition coefficient (Wildman–Crippen LogP) is 6.05. The maximum absolute atomic E-state index is 13.2. The highest BCUT2D eigenvalue weighted by molar-refractivity contribution is 8.00. The number of nitrogen functional groups attached to an aromatic ring is 2. The lowest BCUT2D eigenvalue weighted by molar-refractivity contribution is -0.155. The summed E-state index contributed by atoms with van der Waals surface area (Å²) >= 11 is 28.8. The molecule has 74 heavy (non-hydrogen) atoms. The Bertz CT molecular complexity index is 2920. The Balaban J connectivity index is 0.000000201. The molecule has 4 aromatic rings. The number of nitrogens with zero attached hydrogens (tertiary/aromatic N) is 6. The highest BCUT2D eigenvalue weighted by atomic mass is 35.5. The Kier molecular flexibility index (Phi) is 20.4. The van der Waals surface area contributed by atoms with Gasteiger partial charge in [-0.3, -0.25) is 24.2 Å². The minimum absolute atomic E-state index is 0.0171. The van der Waals surface area contributed by atoms with Crippen molar-refractivity contribution in [3.05, 3.63) is 108 Å². The number of ether oxygens (including phenoxy) is 3. The van der Waals surface area contributed by atoms with Crippen molar-refractivity contribution in [2.24, 2.45) is 22.0 Å². The fourth-order valence-corrected chi connectivity index (χ4v) is 12.5. The summed E-state index contributed by atoms with van der Waals surface area (Å²) in [6.07, 6.45) is -0.162. The summed E-state index contributed by atoms with van der Waals surface area (Å²) in [5.74, 6) is -2.26. The first-order valence-electron chi connectivity index (χ1n) is 21.4. The monoisotopic (exact) mass is 1170 g/mol. The summed E-state index contributed by atoms with van der Waals surface area (Å²) in [6, 6.07) is 14.2. The van der Waals surface area contributed by atoms with Crippen molar-refractivity contribution in [3.63, 3.8) is 0 Å². The number of ketones is 1. The number of esters is 2. The maximum atomic E-state index is 13.2. The summed E-state index contributed by atoms with van der Waals surface area (Å²) in [5.41, 5.74) is 20.9. The number of methoxy groups -OCH3 is 1. The normalized spacial score (nSPS) is 19.1. The predicted molar refractivity (Wildman–Crippen MR) is 284 cm³/mol. The number of oxime groups is 2. The first-order chi connectivity index (χ1) is 35.4. The number of carbonyl (C=O) groups excluding carboxylic acids is 5. The average molecular weight is 1170 g/mol. The van der Waals surface area contributed by atoms with Crippen LogP contribution in [0.4, 0.5) is 10.3 Å². The van der Waals surface area contributed by atoms with Crippen molar-refractivity contribution in [1.29, 1.82) is 0 Å². The zero-order valence-corrected chi connectivity index (χ0v) is 45.7. The number of carboxylic acid groups (broad SMARTS) is 1. The lowest BCUT2D eigenvalue weighted by atomic mass is 9.89. The van der Waals surface area contributed by atoms with Crippen LogP contribution in [0.1, 0.15) is 34.5 Å². The number of benzene rings is 2. The van der Waals surface area contributed by atoms with Gasteiger partial charge in [-0.2, -0.15) is 0 Å². The number of rotatable bonds is 17. The number of amides is 2. The third kappa shape index (κ3) is 13.2. The largest absolute Gasteiger partial charge is 0.497 e. The van der Waals surface area contributed by atoms with Gasteiger partial charge >= 0.3 is 17.9 Å². The van der Waals surface area contributed by atoms with E-state index in [9.17, 15) is 28.8 Å². The van der Waals surface area contributed by atoms with Crippen LogP contribution >= 0.6 is 92.6 Å². The summed E-state index contributed by atoms with van der Waals surface area (Å²) < 4.78 is 16.3. The van der Waals surface area contributed by atoms with Gasteiger partial charge in [0.1, 0.15) is 76.1 Å². The molecule has 2 saturated heterocycles. The molecule has 4 aliphatic rings. The number of hydrogen-bond donors (Lipinski definition) is 4. The Labute approximate surface area is 459 Å². The van der Waals surface area contributed by atoms with Crippen molar-refractivity contribution in [1.82, 2.24) is 19.8 Å². The smallest absolute Gasteiger partial charge is 0.360 e. The maximum Gasteiger partial charge on any atom is 0.360 e. The van der Waals surface area contributed by atoms with E-state index in [4.69, 9.17) is 87.8 Å². The summed E-state index contributed by atoms with van der Waals surface area (Å²) in [4.78, 5) is 94.2. The van der Waals surface area contributed by atoms with Gasteiger partial charge in [0.05, 0.1) is 18.4 Å². The third-order valence-corrected chi connectivity index (χ3v) is 16.4. The molecule has 0 aliphatic carbocycles. The third-order valence-electron chi connectivity index (χ3n) is 10.9. The summed E-state index contributed by atoms with van der Waals surface area (Å²) in [6.45, 7) is 2.14. The Morgan fingerprint density at radius 1 is 0.730 bits per heavy atom. The van der Waals surface area contributed by atoms with Crippen LogP contribution in [0.15, 0.2) is 81.4 Å². The molecule has 2 amide bonds. The Hall–Kier alpha value is -5.64. The van der Waals surface area contributed by atoms with Gasteiger partial charge in [0.2, 0.25) is 17.5 Å². The summed E-state index contributed by atoms with van der Waals surface area (Å²) in [7, 11) is 4.10. The lowest BCUT2D eigenvalue weighted by Gasteiger charge is -2.49. The molecule has 394 valence electrons. The molecule has 2 aromatic heterocycles. The molecule has 0 spiro atoms. The molecule has 2 fully saturated rings. The molecule has 2 aromatic carbocycles. The second-order valence-corrected chi connectivity index (χ2v) is 21.6. The van der Waals surface area contributed by atoms with E-state index in [1.54, 1.807) is 19.2 Å². The number of aromatic nitrogens is 2. The number of alkyl halides is 2. The van der Waals surface area contributed by atoms with Crippen LogP contribution in [0.2, 0.25) is 8.67 Å². The molecule has 29 heteroatoms. The molecule has 4 aliphatic heterocycles. The number of carbonyl (C=O) groups is 6. The standard InChI is InChI=1S/C23H22Cl2N4O5S2.C16H17ClN2O4S.C6H6ClN3O3S/c1-11-3-5-12(6-4-11)9-34-22(32)18-13(8-24)10-35-21-14(20(31)29(18)21)7-15(30)16(28-33-2)17-19(25)36-23(26)27-17;1-22-11-4-2-9(3-5-11)7-23-16(21)13-10(6-17)8-24-15-12(18)14(20)19(13)15;1-13-10-3(5(11)12)2-4(7)14-6(8)9-2/h3-6,14,21H,7-10H2,1-2H3,(H2,26,27);2-5,12,15H,6-8,18H2,1H3;1H3,(H2,8,9)(H,11,12)/b28-16+;;10-3-/t14-,21-;12-,15-;/m11./s1. The number of hydrogen-bond acceptors (Lipinski definition) is 22. The zero-order chi connectivity index (χ0) is 54.0. The number of halogens is 4. The van der Waals surface area contributed by atoms with E-state index < -0.39 is 41.0 Å². The molecule has 8 rings (SSSR count). The van der Waals surface area contributed by atoms with E-state index in [0.717, 1.165) is 45.1 Å². The molecule has 7 N–H and O–H groups in total. The minimum atomic E-state index is -1.28. The number of Topliss-reactive ketones (excluding diaryl/α,β-unsaturated/α-hetero) is 1. The minimum Gasteiger partial charge on any atom is -0.497 e. The number of fused-ring (bicyclic) bond motifs is 2. The average Bonchev–Trinajstić information content (AvgIpc) is 3.92. The van der Waals surface area contributed by atoms with Crippen LogP contribution < -0.4 is 21.9 Å². The zero-order valence-electron chi connectivity index (χ0n) is 39.4. The highest BCUT2D eigenvalue weighted by Gasteiger charge is 2.55. The Morgan fingerprint density at radius 3 is 1.64 bits per heavy atom. The van der Waals surface area contributed by atoms with Crippen LogP contribution in [0.3, 0.4) is 0 Å². The second kappa shape index (κ2) is 26.2. The molecule has 21 nitrogen and oxygen atoms in total. The van der Waals surface area contributed by atoms with Gasteiger partial charge < -0.3 is 46.2 Å². The fourth-order valence-electron chi connectivity index (χ4n) is 7.24. The Morgan fingerprint density at radius 2 is 1.19 bits per heavy atom. The van der Waals surface area contributed by atoms with Crippen LogP contribution in [0, 0.1) is 12.8 Å². The molecule has 0 radical (unpaired) electrons. The van der Waals surface area contributed by atoms with Crippen molar-refractivity contribution in [3.8, 4) is 5.75 Å². The van der Waals surface area contributed by atoms with Crippen molar-refractivity contribution in [2.75, 3.05) is 56.1 Å². The van der Waals surface area contributed by atoms with Crippen LogP contribution in [-0.2, 0) is 61.1 Å². The number of thiazole rings is 2. The molecule has 0 bridgehead atoms. The van der Waals surface area contributed by atoms with Crippen LogP contribution in [0.25, 0.3) is 0 Å². The number of nitrogens with two attached hydrogens (primary N) is 3. The molecular weight excluding hydrogens is 1130 g/mol. The number of aryl methyl sites for hydroxylation is 1. The van der Waals surface area contributed by atoms with E-state index in [1.165, 1.54) is 47.5 Å². The van der Waals surface area contributed by atoms with Gasteiger partial charge in [0.15, 0.2) is 21.8 Å². The van der Waals surface area contributed by atoms with E-state index in [2.05, 4.69) is 25.1 Å². The molecule has 6 heterocycles. The first-order valence-corrected chi connectivity index (χ1v) is 27.0. The van der Waals surface area contributed by atoms with Crippen molar-refractivity contribution < 1.29 is 57.8 Å². The lowest BCUT2D eigenvalue weighted by Crippen LogP contribution is -2.68. The topological polar surface area (TPSA) is 304 Å². The summed E-state index contributed by atoms with van der Waals surface area (Å²) in [5, 5.41) is 15.5. The number of β-lactam (4-membered cyclic amide) rings is 2. The quantitative estimate of drug-likeness (QED) is 0.0307. The van der Waals surface area contributed by atoms with Gasteiger partial charge in [0.25, 0.3) is 0 Å². The number of carboxylic acids is 1. The van der Waals surface area contributed by atoms with Gasteiger partial charge in [-0.1, -0.05) is 98.1 Å². The second-order valence-electron chi connectivity index (χ2n) is 15.6. The molecule has 0 unspecified atom stereocenters. The first kappa shape index (κ1) is 57.6. The van der Waals surface area contributed by atoms with Crippen molar-refractivity contribution >= 4 is 150 Å². The van der Waals surface area contributed by atoms with Gasteiger partial charge in [-0.15, -0.1) is 46.7 Å². The van der Waals surface area contributed by atoms with E-state index in [-0.39, 0.29) is 102 Å². The van der Waals surface area contributed by atoms with Crippen LogP contribution in [0.5, 0.6) is 5.75 Å². The number of thioether (sulfide) groups is 2. The number of aliphatic carboxylic acids is 1. The molecule has 0 saturated carbocycles. The van der Waals surface area contributed by atoms with Gasteiger partial charge in [-0.05, 0) is 41.3 Å². The SMILES string of the molecule is CO/N=C(\C(=O)C[C@@H]1C(=O)N2C(C(=O)OCc3ccc(C)cc3)=C(CCl)CS[C@H]12)c1nc(N)sc1Cl.CO/N=C(\C(=O)O)c1nc(N)sc1Cl.COc1ccc(COC(=O)C2=C(CCl)CS[C@@H]3[C@H](N)C(=O)N23)cc1. The van der Waals surface area contributed by atoms with E-state index in [0.29, 0.717) is 22.7 Å². The van der Waals surface area contributed by atoms with Crippen molar-refractivity contribution in [2.45, 2.75) is 43.3 Å². The van der Waals surface area contributed by atoms with Gasteiger partial charge in [0, 0.05) is 29.7 Å². The number of anilines is 2. The molecular formula is C45H45Cl4N9O12S4. The van der Waals surface area contributed by atoms with E-state index in [1.807, 2.05) is 43.3 Å². The highest BCUT2D eigenvalue weighted by Crippen LogP contribution is 2.46. The fraction of sp³-hybridized carbons (Fsp3) is 0.333. The van der Waals surface area contributed by atoms with E-state index >= 15 is 0 Å². The van der Waals surface area contributed by atoms with Gasteiger partial charge in [-0.25, -0.2) is 24.4 Å². The molecule has 4 atom stereocenters.